The first-order chi connectivity index (χ1) is 9.20. The summed E-state index contributed by atoms with van der Waals surface area (Å²) in [4.78, 5) is 0. The van der Waals surface area contributed by atoms with E-state index in [9.17, 15) is 0 Å². The average molecular weight is 259 g/mol. The molecular formula is C15H21N3O. The van der Waals surface area contributed by atoms with E-state index in [0.29, 0.717) is 11.8 Å². The highest BCUT2D eigenvalue weighted by atomic mass is 16.4. The van der Waals surface area contributed by atoms with Gasteiger partial charge < -0.3 is 9.73 Å². The van der Waals surface area contributed by atoms with Gasteiger partial charge in [0.25, 0.3) is 0 Å². The second kappa shape index (κ2) is 6.48. The summed E-state index contributed by atoms with van der Waals surface area (Å²) in [6.45, 7) is 8.18. The van der Waals surface area contributed by atoms with Crippen molar-refractivity contribution in [3.63, 3.8) is 0 Å². The Bertz CT molecular complexity index is 534. The molecule has 0 amide bonds. The molecule has 2 aromatic rings. The van der Waals surface area contributed by atoms with Crippen LogP contribution in [-0.2, 0) is 6.42 Å². The van der Waals surface area contributed by atoms with Crippen LogP contribution in [0.2, 0.25) is 0 Å². The third-order valence-corrected chi connectivity index (χ3v) is 3.03. The van der Waals surface area contributed by atoms with Gasteiger partial charge in [0.2, 0.25) is 11.8 Å². The highest BCUT2D eigenvalue weighted by Gasteiger charge is 2.10. The van der Waals surface area contributed by atoms with Crippen LogP contribution in [0.3, 0.4) is 0 Å². The Morgan fingerprint density at radius 3 is 2.79 bits per heavy atom. The maximum atomic E-state index is 5.72. The molecule has 1 heterocycles. The Kier molecular flexibility index (Phi) is 4.68. The van der Waals surface area contributed by atoms with E-state index in [1.54, 1.807) is 0 Å². The van der Waals surface area contributed by atoms with E-state index in [2.05, 4.69) is 54.5 Å². The minimum absolute atomic E-state index is 0.617. The van der Waals surface area contributed by atoms with E-state index in [1.807, 2.05) is 0 Å². The van der Waals surface area contributed by atoms with E-state index in [0.717, 1.165) is 37.1 Å². The van der Waals surface area contributed by atoms with Gasteiger partial charge in [-0.25, -0.2) is 0 Å². The zero-order valence-electron chi connectivity index (χ0n) is 11.9. The zero-order chi connectivity index (χ0) is 13.7. The Balaban J connectivity index is 2.06. The van der Waals surface area contributed by atoms with Gasteiger partial charge in [-0.2, -0.15) is 0 Å². The number of rotatable bonds is 6. The Morgan fingerprint density at radius 2 is 2.00 bits per heavy atom. The summed E-state index contributed by atoms with van der Waals surface area (Å²) in [5.41, 5.74) is 3.38. The van der Waals surface area contributed by atoms with Gasteiger partial charge in [0.05, 0.1) is 0 Å². The first-order valence-corrected chi connectivity index (χ1v) is 6.81. The molecule has 4 nitrogen and oxygen atoms in total. The molecule has 102 valence electrons. The highest BCUT2D eigenvalue weighted by molar-refractivity contribution is 5.59. The third kappa shape index (κ3) is 3.64. The molecule has 1 N–H and O–H groups in total. The molecule has 0 saturated carbocycles. The van der Waals surface area contributed by atoms with Gasteiger partial charge in [-0.1, -0.05) is 24.6 Å². The molecule has 1 aromatic carbocycles. The predicted molar refractivity (Wildman–Crippen MR) is 76.1 cm³/mol. The lowest BCUT2D eigenvalue weighted by Gasteiger charge is -2.02. The molecule has 0 atom stereocenters. The lowest BCUT2D eigenvalue weighted by Crippen LogP contribution is -2.17. The predicted octanol–water partition coefficient (Wildman–Crippen LogP) is 2.90. The molecule has 2 rings (SSSR count). The van der Waals surface area contributed by atoms with Gasteiger partial charge >= 0.3 is 0 Å². The van der Waals surface area contributed by atoms with Crippen LogP contribution >= 0.6 is 0 Å². The maximum absolute atomic E-state index is 5.72. The van der Waals surface area contributed by atoms with E-state index in [1.165, 1.54) is 5.56 Å². The number of aryl methyl sites for hydroxylation is 2. The quantitative estimate of drug-likeness (QED) is 0.810. The third-order valence-electron chi connectivity index (χ3n) is 3.03. The summed E-state index contributed by atoms with van der Waals surface area (Å²) >= 11 is 0. The normalized spacial score (nSPS) is 10.9. The van der Waals surface area contributed by atoms with E-state index < -0.39 is 0 Å². The van der Waals surface area contributed by atoms with Crippen molar-refractivity contribution >= 4 is 0 Å². The smallest absolute Gasteiger partial charge is 0.248 e. The first-order valence-electron chi connectivity index (χ1n) is 6.81. The van der Waals surface area contributed by atoms with Crippen LogP contribution in [0.5, 0.6) is 0 Å². The van der Waals surface area contributed by atoms with E-state index in [-0.39, 0.29) is 0 Å². The number of hydrogen-bond acceptors (Lipinski definition) is 4. The molecule has 4 heteroatoms. The van der Waals surface area contributed by atoms with Crippen molar-refractivity contribution in [3.8, 4) is 11.5 Å². The van der Waals surface area contributed by atoms with Crippen LogP contribution in [0.25, 0.3) is 11.5 Å². The summed E-state index contributed by atoms with van der Waals surface area (Å²) in [6.07, 6.45) is 1.91. The number of aromatic nitrogens is 2. The van der Waals surface area contributed by atoms with Crippen LogP contribution in [-0.4, -0.2) is 23.3 Å². The topological polar surface area (TPSA) is 51.0 Å². The summed E-state index contributed by atoms with van der Waals surface area (Å²) in [5.74, 6) is 1.31. The van der Waals surface area contributed by atoms with Crippen molar-refractivity contribution in [3.05, 3.63) is 35.2 Å². The molecule has 0 unspecified atom stereocenters. The Labute approximate surface area is 114 Å². The average Bonchev–Trinajstić information content (AvgIpc) is 2.86. The first kappa shape index (κ1) is 13.7. The molecule has 1 aromatic heterocycles. The standard InChI is InChI=1S/C15H21N3O/c1-4-8-16-9-7-14-17-18-15(19-14)13-10-11(2)5-6-12(13)3/h5-6,10,16H,4,7-9H2,1-3H3. The molecule has 0 aliphatic rings. The monoisotopic (exact) mass is 259 g/mol. The number of hydrogen-bond donors (Lipinski definition) is 1. The highest BCUT2D eigenvalue weighted by Crippen LogP contribution is 2.23. The van der Waals surface area contributed by atoms with Crippen molar-refractivity contribution in [1.82, 2.24) is 15.5 Å². The Hall–Kier alpha value is -1.68. The Morgan fingerprint density at radius 1 is 1.16 bits per heavy atom. The largest absolute Gasteiger partial charge is 0.421 e. The van der Waals surface area contributed by atoms with Crippen molar-refractivity contribution in [1.29, 1.82) is 0 Å². The summed E-state index contributed by atoms with van der Waals surface area (Å²) in [5, 5.41) is 11.6. The van der Waals surface area contributed by atoms with Gasteiger partial charge in [-0.05, 0) is 38.4 Å². The molecule has 0 fully saturated rings. The van der Waals surface area contributed by atoms with Crippen molar-refractivity contribution in [2.45, 2.75) is 33.6 Å². The molecule has 0 bridgehead atoms. The fourth-order valence-corrected chi connectivity index (χ4v) is 1.93. The lowest BCUT2D eigenvalue weighted by molar-refractivity contribution is 0.494. The summed E-state index contributed by atoms with van der Waals surface area (Å²) in [7, 11) is 0. The molecule has 0 saturated heterocycles. The lowest BCUT2D eigenvalue weighted by atomic mass is 10.1. The molecule has 0 spiro atoms. The molecule has 0 aliphatic heterocycles. The summed E-state index contributed by atoms with van der Waals surface area (Å²) < 4.78 is 5.72. The molecule has 0 radical (unpaired) electrons. The van der Waals surface area contributed by atoms with Crippen LogP contribution < -0.4 is 5.32 Å². The maximum Gasteiger partial charge on any atom is 0.248 e. The van der Waals surface area contributed by atoms with Crippen LogP contribution in [0.4, 0.5) is 0 Å². The van der Waals surface area contributed by atoms with Crippen LogP contribution in [0.15, 0.2) is 22.6 Å². The summed E-state index contributed by atoms with van der Waals surface area (Å²) in [6, 6.07) is 6.25. The minimum Gasteiger partial charge on any atom is -0.421 e. The molecular weight excluding hydrogens is 238 g/mol. The van der Waals surface area contributed by atoms with Crippen molar-refractivity contribution in [2.24, 2.45) is 0 Å². The number of benzene rings is 1. The van der Waals surface area contributed by atoms with Gasteiger partial charge in [0.1, 0.15) is 0 Å². The molecule has 0 aliphatic carbocycles. The van der Waals surface area contributed by atoms with Gasteiger partial charge in [-0.3, -0.25) is 0 Å². The number of nitrogens with one attached hydrogen (secondary N) is 1. The van der Waals surface area contributed by atoms with Crippen molar-refractivity contribution < 1.29 is 4.42 Å². The second-order valence-electron chi connectivity index (χ2n) is 4.82. The molecule has 19 heavy (non-hydrogen) atoms. The fourth-order valence-electron chi connectivity index (χ4n) is 1.93. The fraction of sp³-hybridized carbons (Fsp3) is 0.467. The number of nitrogens with zero attached hydrogens (tertiary/aromatic N) is 2. The SMILES string of the molecule is CCCNCCc1nnc(-c2cc(C)ccc2C)o1. The van der Waals surface area contributed by atoms with E-state index >= 15 is 0 Å². The van der Waals surface area contributed by atoms with Gasteiger partial charge in [0.15, 0.2) is 0 Å². The van der Waals surface area contributed by atoms with Gasteiger partial charge in [-0.15, -0.1) is 10.2 Å². The second-order valence-corrected chi connectivity index (χ2v) is 4.82. The minimum atomic E-state index is 0.617. The van der Waals surface area contributed by atoms with E-state index in [4.69, 9.17) is 4.42 Å². The van der Waals surface area contributed by atoms with Crippen LogP contribution in [0.1, 0.15) is 30.4 Å². The van der Waals surface area contributed by atoms with Crippen LogP contribution in [0, 0.1) is 13.8 Å². The zero-order valence-corrected chi connectivity index (χ0v) is 11.9. The van der Waals surface area contributed by atoms with Gasteiger partial charge in [0, 0.05) is 18.5 Å². The van der Waals surface area contributed by atoms with Crippen molar-refractivity contribution in [2.75, 3.05) is 13.1 Å².